The minimum Gasteiger partial charge on any atom is -0.465 e. The number of methoxy groups -OCH3 is 1. The van der Waals surface area contributed by atoms with Crippen LogP contribution in [0.2, 0.25) is 0 Å². The summed E-state index contributed by atoms with van der Waals surface area (Å²) < 4.78 is 6.88. The summed E-state index contributed by atoms with van der Waals surface area (Å²) in [5.74, 6) is 0.596. The number of H-pyrrole nitrogens is 1. The van der Waals surface area contributed by atoms with Crippen LogP contribution in [0.3, 0.4) is 0 Å². The number of fused-ring (bicyclic) bond motifs is 1. The molecule has 8 heteroatoms. The molecule has 128 valence electrons. The highest BCUT2D eigenvalue weighted by molar-refractivity contribution is 7.98. The van der Waals surface area contributed by atoms with Gasteiger partial charge in [0.05, 0.1) is 29.3 Å². The number of imidazole rings is 1. The number of esters is 1. The van der Waals surface area contributed by atoms with Crippen molar-refractivity contribution < 1.29 is 9.53 Å². The molecule has 1 aromatic carbocycles. The van der Waals surface area contributed by atoms with E-state index in [1.165, 1.54) is 31.7 Å². The zero-order chi connectivity index (χ0) is 17.4. The molecule has 0 bridgehead atoms. The minimum atomic E-state index is -0.452. The molecule has 3 aromatic rings. The highest BCUT2D eigenvalue weighted by Crippen LogP contribution is 2.38. The number of aromatic amines is 1. The average Bonchev–Trinajstić information content (AvgIpc) is 3.36. The molecule has 0 atom stereocenters. The molecule has 4 rings (SSSR count). The standard InChI is InChI=1S/C17H16N4O3S/c1-24-16(23)10-2-5-12-13(8-10)19-14(20-15(12)22)9-25-17-18-6-7-21(17)11-3-4-11/h2,5-8,11H,3-4,9H2,1H3,(H,19,20,22). The van der Waals surface area contributed by atoms with Crippen LogP contribution in [-0.4, -0.2) is 32.6 Å². The van der Waals surface area contributed by atoms with Crippen molar-refractivity contribution in [1.82, 2.24) is 19.5 Å². The van der Waals surface area contributed by atoms with E-state index in [1.54, 1.807) is 24.4 Å². The molecule has 2 heterocycles. The number of carbonyl (C=O) groups is 1. The first-order valence-electron chi connectivity index (χ1n) is 7.92. The van der Waals surface area contributed by atoms with Gasteiger partial charge in [-0.05, 0) is 31.0 Å². The maximum atomic E-state index is 12.3. The molecule has 0 spiro atoms. The Balaban J connectivity index is 1.61. The molecule has 2 aromatic heterocycles. The summed E-state index contributed by atoms with van der Waals surface area (Å²) >= 11 is 1.53. The monoisotopic (exact) mass is 356 g/mol. The van der Waals surface area contributed by atoms with Gasteiger partial charge in [0.2, 0.25) is 0 Å². The lowest BCUT2D eigenvalue weighted by molar-refractivity contribution is 0.0601. The molecular formula is C17H16N4O3S. The second-order valence-electron chi connectivity index (χ2n) is 5.87. The van der Waals surface area contributed by atoms with Crippen LogP contribution in [0.15, 0.2) is 40.5 Å². The summed E-state index contributed by atoms with van der Waals surface area (Å²) in [4.78, 5) is 35.6. The van der Waals surface area contributed by atoms with E-state index >= 15 is 0 Å². The summed E-state index contributed by atoms with van der Waals surface area (Å²) in [6, 6.07) is 5.28. The highest BCUT2D eigenvalue weighted by Gasteiger charge is 2.25. The van der Waals surface area contributed by atoms with Gasteiger partial charge in [0.1, 0.15) is 5.82 Å². The van der Waals surface area contributed by atoms with Crippen molar-refractivity contribution in [2.75, 3.05) is 7.11 Å². The van der Waals surface area contributed by atoms with E-state index in [0.717, 1.165) is 5.16 Å². The van der Waals surface area contributed by atoms with Gasteiger partial charge in [-0.1, -0.05) is 11.8 Å². The SMILES string of the molecule is COC(=O)c1ccc2c(=O)[nH]c(CSc3nccn3C3CC3)nc2c1. The van der Waals surface area contributed by atoms with Gasteiger partial charge in [-0.25, -0.2) is 14.8 Å². The Bertz CT molecular complexity index is 1010. The van der Waals surface area contributed by atoms with Crippen LogP contribution >= 0.6 is 11.8 Å². The number of rotatable bonds is 5. The third-order valence-electron chi connectivity index (χ3n) is 4.09. The zero-order valence-electron chi connectivity index (χ0n) is 13.6. The lowest BCUT2D eigenvalue weighted by atomic mass is 10.1. The van der Waals surface area contributed by atoms with Gasteiger partial charge in [-0.15, -0.1) is 0 Å². The van der Waals surface area contributed by atoms with Crippen molar-refractivity contribution in [3.8, 4) is 0 Å². The Morgan fingerprint density at radius 1 is 1.44 bits per heavy atom. The zero-order valence-corrected chi connectivity index (χ0v) is 14.4. The van der Waals surface area contributed by atoms with Crippen molar-refractivity contribution in [3.63, 3.8) is 0 Å². The smallest absolute Gasteiger partial charge is 0.337 e. The predicted molar refractivity (Wildman–Crippen MR) is 93.8 cm³/mol. The van der Waals surface area contributed by atoms with Crippen LogP contribution in [-0.2, 0) is 10.5 Å². The fraction of sp³-hybridized carbons (Fsp3) is 0.294. The molecule has 1 fully saturated rings. The minimum absolute atomic E-state index is 0.220. The molecule has 0 unspecified atom stereocenters. The number of benzene rings is 1. The molecular weight excluding hydrogens is 340 g/mol. The third-order valence-corrected chi connectivity index (χ3v) is 5.08. The van der Waals surface area contributed by atoms with Crippen molar-refractivity contribution in [2.45, 2.75) is 29.8 Å². The number of hydrogen-bond donors (Lipinski definition) is 1. The fourth-order valence-corrected chi connectivity index (χ4v) is 3.57. The van der Waals surface area contributed by atoms with Crippen LogP contribution < -0.4 is 5.56 Å². The van der Waals surface area contributed by atoms with Gasteiger partial charge in [-0.3, -0.25) is 4.79 Å². The molecule has 1 aliphatic rings. The van der Waals surface area contributed by atoms with Crippen LogP contribution in [0.25, 0.3) is 10.9 Å². The van der Waals surface area contributed by atoms with E-state index in [1.807, 2.05) is 6.20 Å². The number of thioether (sulfide) groups is 1. The third kappa shape index (κ3) is 3.17. The van der Waals surface area contributed by atoms with Crippen LogP contribution in [0.5, 0.6) is 0 Å². The second kappa shape index (κ2) is 6.36. The largest absolute Gasteiger partial charge is 0.465 e. The highest BCUT2D eigenvalue weighted by atomic mass is 32.2. The second-order valence-corrected chi connectivity index (χ2v) is 6.82. The Morgan fingerprint density at radius 2 is 2.28 bits per heavy atom. The topological polar surface area (TPSA) is 89.9 Å². The maximum Gasteiger partial charge on any atom is 0.337 e. The van der Waals surface area contributed by atoms with Crippen molar-refractivity contribution in [2.24, 2.45) is 0 Å². The fourth-order valence-electron chi connectivity index (χ4n) is 2.68. The van der Waals surface area contributed by atoms with E-state index in [0.29, 0.717) is 34.1 Å². The number of ether oxygens (including phenoxy) is 1. The first kappa shape index (κ1) is 15.9. The quantitative estimate of drug-likeness (QED) is 0.558. The Morgan fingerprint density at radius 3 is 3.04 bits per heavy atom. The van der Waals surface area contributed by atoms with Crippen molar-refractivity contribution >= 4 is 28.6 Å². The average molecular weight is 356 g/mol. The first-order chi connectivity index (χ1) is 12.2. The number of nitrogens with one attached hydrogen (secondary N) is 1. The van der Waals surface area contributed by atoms with E-state index in [4.69, 9.17) is 4.74 Å². The summed E-state index contributed by atoms with van der Waals surface area (Å²) in [6.07, 6.45) is 6.15. The van der Waals surface area contributed by atoms with Crippen LogP contribution in [0.1, 0.15) is 35.1 Å². The molecule has 0 saturated heterocycles. The number of hydrogen-bond acceptors (Lipinski definition) is 6. The molecule has 1 saturated carbocycles. The van der Waals surface area contributed by atoms with Gasteiger partial charge in [0.25, 0.3) is 5.56 Å². The summed E-state index contributed by atoms with van der Waals surface area (Å²) in [6.45, 7) is 0. The number of nitrogens with zero attached hydrogens (tertiary/aromatic N) is 3. The summed E-state index contributed by atoms with van der Waals surface area (Å²) in [5.41, 5.74) is 0.631. The van der Waals surface area contributed by atoms with Crippen LogP contribution in [0, 0.1) is 0 Å². The maximum absolute atomic E-state index is 12.3. The molecule has 0 aliphatic heterocycles. The van der Waals surface area contributed by atoms with E-state index in [9.17, 15) is 9.59 Å². The van der Waals surface area contributed by atoms with Gasteiger partial charge >= 0.3 is 5.97 Å². The number of aromatic nitrogens is 4. The predicted octanol–water partition coefficient (Wildman–Crippen LogP) is 2.53. The molecule has 0 amide bonds. The van der Waals surface area contributed by atoms with Crippen molar-refractivity contribution in [3.05, 3.63) is 52.3 Å². The molecule has 1 aliphatic carbocycles. The summed E-state index contributed by atoms with van der Waals surface area (Å²) in [5, 5.41) is 1.37. The van der Waals surface area contributed by atoms with Gasteiger partial charge < -0.3 is 14.3 Å². The normalized spacial score (nSPS) is 14.0. The first-order valence-corrected chi connectivity index (χ1v) is 8.91. The Kier molecular flexibility index (Phi) is 4.04. The van der Waals surface area contributed by atoms with Gasteiger partial charge in [-0.2, -0.15) is 0 Å². The molecule has 0 radical (unpaired) electrons. The van der Waals surface area contributed by atoms with Crippen LogP contribution in [0.4, 0.5) is 0 Å². The molecule has 7 nitrogen and oxygen atoms in total. The lowest BCUT2D eigenvalue weighted by Crippen LogP contribution is -2.12. The summed E-state index contributed by atoms with van der Waals surface area (Å²) in [7, 11) is 1.32. The molecule has 25 heavy (non-hydrogen) atoms. The number of carbonyl (C=O) groups excluding carboxylic acids is 1. The Hall–Kier alpha value is -2.61. The van der Waals surface area contributed by atoms with Gasteiger partial charge in [0.15, 0.2) is 5.16 Å². The van der Waals surface area contributed by atoms with E-state index in [2.05, 4.69) is 19.5 Å². The Labute approximate surface area is 147 Å². The van der Waals surface area contributed by atoms with Gasteiger partial charge in [0, 0.05) is 18.4 Å². The van der Waals surface area contributed by atoms with E-state index < -0.39 is 5.97 Å². The van der Waals surface area contributed by atoms with E-state index in [-0.39, 0.29) is 5.56 Å². The molecule has 1 N–H and O–H groups in total. The van der Waals surface area contributed by atoms with Crippen molar-refractivity contribution in [1.29, 1.82) is 0 Å². The lowest BCUT2D eigenvalue weighted by Gasteiger charge is -2.06.